The summed E-state index contributed by atoms with van der Waals surface area (Å²) in [7, 11) is 0. The molecule has 0 radical (unpaired) electrons. The fourth-order valence-electron chi connectivity index (χ4n) is 2.53. The lowest BCUT2D eigenvalue weighted by molar-refractivity contribution is 0.144. The number of rotatable bonds is 3. The number of pyridine rings is 1. The third-order valence-electron chi connectivity index (χ3n) is 3.86. The van der Waals surface area contributed by atoms with Crippen LogP contribution in [-0.4, -0.2) is 22.2 Å². The molecule has 0 aliphatic heterocycles. The van der Waals surface area contributed by atoms with Crippen LogP contribution in [0.15, 0.2) is 28.9 Å². The van der Waals surface area contributed by atoms with Crippen LogP contribution in [-0.2, 0) is 0 Å². The lowest BCUT2D eigenvalue weighted by Crippen LogP contribution is -2.48. The van der Waals surface area contributed by atoms with Gasteiger partial charge in [-0.05, 0) is 53.4 Å². The minimum Gasteiger partial charge on any atom is -0.398 e. The predicted molar refractivity (Wildman–Crippen MR) is 81.1 cm³/mol. The second-order valence-corrected chi connectivity index (χ2v) is 6.08. The molecule has 4 N–H and O–H groups in total. The van der Waals surface area contributed by atoms with Crippen LogP contribution in [0, 0.1) is 0 Å². The van der Waals surface area contributed by atoms with Crippen molar-refractivity contribution in [3.05, 3.63) is 28.9 Å². The van der Waals surface area contributed by atoms with E-state index in [9.17, 15) is 5.11 Å². The van der Waals surface area contributed by atoms with Crippen LogP contribution in [0.5, 0.6) is 0 Å². The van der Waals surface area contributed by atoms with Gasteiger partial charge in [0.15, 0.2) is 0 Å². The third-order valence-corrected chi connectivity index (χ3v) is 4.30. The number of nitrogens with zero attached hydrogens (tertiary/aromatic N) is 1. The quantitative estimate of drug-likeness (QED) is 0.760. The Morgan fingerprint density at radius 2 is 2.21 bits per heavy atom. The Morgan fingerprint density at radius 3 is 2.84 bits per heavy atom. The molecule has 0 atom stereocenters. The third kappa shape index (κ3) is 2.17. The number of hydrogen-bond acceptors (Lipinski definition) is 4. The van der Waals surface area contributed by atoms with Gasteiger partial charge in [-0.15, -0.1) is 0 Å². The number of aromatic nitrogens is 1. The first kappa shape index (κ1) is 12.7. The van der Waals surface area contributed by atoms with Gasteiger partial charge in [0.2, 0.25) is 0 Å². The molecule has 4 nitrogen and oxygen atoms in total. The van der Waals surface area contributed by atoms with Gasteiger partial charge in [0.1, 0.15) is 0 Å². The minimum absolute atomic E-state index is 0.148. The summed E-state index contributed by atoms with van der Waals surface area (Å²) in [6.07, 6.45) is 4.90. The summed E-state index contributed by atoms with van der Waals surface area (Å²) in [4.78, 5) is 4.45. The minimum atomic E-state index is -0.183. The van der Waals surface area contributed by atoms with Gasteiger partial charge in [-0.25, -0.2) is 0 Å². The predicted octanol–water partition coefficient (Wildman–Crippen LogP) is 2.91. The highest BCUT2D eigenvalue weighted by molar-refractivity contribution is 9.10. The van der Waals surface area contributed by atoms with Crippen LogP contribution in [0.2, 0.25) is 0 Å². The molecule has 0 amide bonds. The van der Waals surface area contributed by atoms with Gasteiger partial charge in [0.25, 0.3) is 0 Å². The molecule has 1 heterocycles. The maximum absolute atomic E-state index is 9.55. The molecule has 0 saturated heterocycles. The molecule has 1 aliphatic carbocycles. The SMILES string of the molecule is Nc1ccc(NC2(CO)CCC2)c2ncc(Br)cc12. The summed E-state index contributed by atoms with van der Waals surface area (Å²) in [5.74, 6) is 0. The van der Waals surface area contributed by atoms with E-state index >= 15 is 0 Å². The van der Waals surface area contributed by atoms with Gasteiger partial charge >= 0.3 is 0 Å². The van der Waals surface area contributed by atoms with Gasteiger partial charge in [-0.1, -0.05) is 0 Å². The fraction of sp³-hybridized carbons (Fsp3) is 0.357. The topological polar surface area (TPSA) is 71.2 Å². The van der Waals surface area contributed by atoms with Crippen molar-refractivity contribution in [1.29, 1.82) is 0 Å². The molecule has 1 aliphatic rings. The van der Waals surface area contributed by atoms with E-state index in [4.69, 9.17) is 5.73 Å². The molecular weight excluding hydrogens is 306 g/mol. The average Bonchev–Trinajstić information content (AvgIpc) is 2.37. The number of halogens is 1. The van der Waals surface area contributed by atoms with Crippen molar-refractivity contribution in [2.24, 2.45) is 0 Å². The largest absolute Gasteiger partial charge is 0.398 e. The summed E-state index contributed by atoms with van der Waals surface area (Å²) in [6.45, 7) is 0.148. The van der Waals surface area contributed by atoms with Crippen LogP contribution < -0.4 is 11.1 Å². The summed E-state index contributed by atoms with van der Waals surface area (Å²) in [6, 6.07) is 5.78. The first-order valence-corrected chi connectivity index (χ1v) is 7.16. The highest BCUT2D eigenvalue weighted by atomic mass is 79.9. The second-order valence-electron chi connectivity index (χ2n) is 5.17. The van der Waals surface area contributed by atoms with Crippen molar-refractivity contribution in [2.75, 3.05) is 17.7 Å². The Kier molecular flexibility index (Phi) is 3.11. The van der Waals surface area contributed by atoms with E-state index in [2.05, 4.69) is 26.2 Å². The van der Waals surface area contributed by atoms with Crippen LogP contribution >= 0.6 is 15.9 Å². The number of nitrogens with one attached hydrogen (secondary N) is 1. The average molecular weight is 322 g/mol. The molecule has 3 rings (SSSR count). The molecule has 19 heavy (non-hydrogen) atoms. The van der Waals surface area contributed by atoms with E-state index in [1.165, 1.54) is 0 Å². The van der Waals surface area contributed by atoms with Crippen molar-refractivity contribution < 1.29 is 5.11 Å². The monoisotopic (exact) mass is 321 g/mol. The van der Waals surface area contributed by atoms with Gasteiger partial charge < -0.3 is 16.2 Å². The second kappa shape index (κ2) is 4.65. The molecule has 1 fully saturated rings. The van der Waals surface area contributed by atoms with Gasteiger partial charge in [-0.3, -0.25) is 4.98 Å². The molecule has 0 spiro atoms. The van der Waals surface area contributed by atoms with Crippen LogP contribution in [0.1, 0.15) is 19.3 Å². The van der Waals surface area contributed by atoms with E-state index in [0.29, 0.717) is 5.69 Å². The van der Waals surface area contributed by atoms with E-state index in [1.807, 2.05) is 18.2 Å². The Hall–Kier alpha value is -1.33. The van der Waals surface area contributed by atoms with Crippen molar-refractivity contribution >= 4 is 38.2 Å². The fourth-order valence-corrected chi connectivity index (χ4v) is 2.86. The maximum atomic E-state index is 9.55. The van der Waals surface area contributed by atoms with Gasteiger partial charge in [0.05, 0.1) is 23.3 Å². The number of nitrogen functional groups attached to an aromatic ring is 1. The van der Waals surface area contributed by atoms with Gasteiger partial charge in [-0.2, -0.15) is 0 Å². The number of benzene rings is 1. The zero-order valence-electron chi connectivity index (χ0n) is 10.5. The first-order valence-electron chi connectivity index (χ1n) is 6.36. The molecule has 1 aromatic carbocycles. The zero-order valence-corrected chi connectivity index (χ0v) is 12.1. The van der Waals surface area contributed by atoms with Crippen molar-refractivity contribution in [3.63, 3.8) is 0 Å². The Bertz CT molecular complexity index is 620. The summed E-state index contributed by atoms with van der Waals surface area (Å²) in [5.41, 5.74) is 8.31. The maximum Gasteiger partial charge on any atom is 0.0954 e. The van der Waals surface area contributed by atoms with Crippen molar-refractivity contribution in [1.82, 2.24) is 4.98 Å². The lowest BCUT2D eigenvalue weighted by Gasteiger charge is -2.42. The summed E-state index contributed by atoms with van der Waals surface area (Å²) >= 11 is 3.41. The normalized spacial score (nSPS) is 17.2. The Labute approximate surface area is 120 Å². The molecule has 5 heteroatoms. The van der Waals surface area contributed by atoms with Crippen LogP contribution in [0.3, 0.4) is 0 Å². The molecule has 100 valence electrons. The molecule has 1 saturated carbocycles. The van der Waals surface area contributed by atoms with E-state index < -0.39 is 0 Å². The summed E-state index contributed by atoms with van der Waals surface area (Å²) < 4.78 is 0.907. The number of hydrogen-bond donors (Lipinski definition) is 3. The van der Waals surface area contributed by atoms with Crippen LogP contribution in [0.25, 0.3) is 10.9 Å². The van der Waals surface area contributed by atoms with Crippen molar-refractivity contribution in [3.8, 4) is 0 Å². The highest BCUT2D eigenvalue weighted by Gasteiger charge is 2.36. The molecule has 2 aromatic rings. The van der Waals surface area contributed by atoms with Crippen molar-refractivity contribution in [2.45, 2.75) is 24.8 Å². The smallest absolute Gasteiger partial charge is 0.0954 e. The first-order chi connectivity index (χ1) is 9.13. The number of anilines is 2. The standard InChI is InChI=1S/C14H16BrN3O/c15-9-6-10-11(16)2-3-12(13(10)17-7-9)18-14(8-19)4-1-5-14/h2-3,6-7,18-19H,1,4-5,8,16H2. The molecule has 0 bridgehead atoms. The van der Waals surface area contributed by atoms with Gasteiger partial charge in [0, 0.05) is 21.7 Å². The number of nitrogens with two attached hydrogens (primary N) is 1. The zero-order chi connectivity index (χ0) is 13.5. The molecule has 1 aromatic heterocycles. The number of aliphatic hydroxyl groups excluding tert-OH is 1. The van der Waals surface area contributed by atoms with E-state index in [0.717, 1.165) is 40.3 Å². The molecule has 0 unspecified atom stereocenters. The Balaban J connectivity index is 2.07. The molecular formula is C14H16BrN3O. The lowest BCUT2D eigenvalue weighted by atomic mass is 9.77. The summed E-state index contributed by atoms with van der Waals surface area (Å²) in [5, 5.41) is 13.9. The number of fused-ring (bicyclic) bond motifs is 1. The van der Waals surface area contributed by atoms with E-state index in [-0.39, 0.29) is 12.1 Å². The Morgan fingerprint density at radius 1 is 1.42 bits per heavy atom. The highest BCUT2D eigenvalue weighted by Crippen LogP contribution is 2.37. The van der Waals surface area contributed by atoms with Crippen LogP contribution in [0.4, 0.5) is 11.4 Å². The number of aliphatic hydroxyl groups is 1. The van der Waals surface area contributed by atoms with E-state index in [1.54, 1.807) is 6.20 Å².